The van der Waals surface area contributed by atoms with Gasteiger partial charge >= 0.3 is 5.97 Å². The zero-order chi connectivity index (χ0) is 20.4. The van der Waals surface area contributed by atoms with Crippen LogP contribution in [0.5, 0.6) is 0 Å². The summed E-state index contributed by atoms with van der Waals surface area (Å²) in [6.45, 7) is 0.785. The molecule has 3 rings (SSSR count). The van der Waals surface area contributed by atoms with E-state index >= 15 is 0 Å². The molecule has 150 valence electrons. The van der Waals surface area contributed by atoms with Crippen molar-refractivity contribution in [1.82, 2.24) is 0 Å². The van der Waals surface area contributed by atoms with E-state index in [9.17, 15) is 4.79 Å². The van der Waals surface area contributed by atoms with Crippen LogP contribution in [0, 0.1) is 0 Å². The molecule has 0 unspecified atom stereocenters. The zero-order valence-electron chi connectivity index (χ0n) is 16.6. The minimum Gasteiger partial charge on any atom is -0.436 e. The standard InChI is InChI=1S/C24H26O4P/c1-26-17-18-27-20-28-24(25)19-29(21-11-5-2-6-12-21,22-13-7-3-8-14-22)23-15-9-4-10-16-23/h2-16H,17-20H2,1H3/q+1. The Balaban J connectivity index is 1.98. The lowest BCUT2D eigenvalue weighted by molar-refractivity contribution is -0.153. The van der Waals surface area contributed by atoms with E-state index < -0.39 is 7.26 Å². The van der Waals surface area contributed by atoms with Gasteiger partial charge in [0.2, 0.25) is 0 Å². The van der Waals surface area contributed by atoms with E-state index in [1.807, 2.05) is 54.6 Å². The van der Waals surface area contributed by atoms with Crippen LogP contribution in [0.1, 0.15) is 0 Å². The van der Waals surface area contributed by atoms with Gasteiger partial charge in [-0.05, 0) is 36.4 Å². The van der Waals surface area contributed by atoms with Gasteiger partial charge in [0.15, 0.2) is 13.0 Å². The molecule has 0 atom stereocenters. The number of ether oxygens (including phenoxy) is 3. The van der Waals surface area contributed by atoms with Crippen LogP contribution in [0.2, 0.25) is 0 Å². The summed E-state index contributed by atoms with van der Waals surface area (Å²) >= 11 is 0. The fourth-order valence-electron chi connectivity index (χ4n) is 3.32. The average molecular weight is 409 g/mol. The van der Waals surface area contributed by atoms with Crippen molar-refractivity contribution in [2.24, 2.45) is 0 Å². The number of carbonyl (C=O) groups excluding carboxylic acids is 1. The largest absolute Gasteiger partial charge is 0.436 e. The Morgan fingerprint density at radius 3 is 1.59 bits per heavy atom. The number of methoxy groups -OCH3 is 1. The lowest BCUT2D eigenvalue weighted by atomic mass is 10.4. The SMILES string of the molecule is COCCOCOC(=O)C[P+](c1ccccc1)(c1ccccc1)c1ccccc1. The first kappa shape index (κ1) is 21.2. The maximum atomic E-state index is 12.9. The van der Waals surface area contributed by atoms with Crippen LogP contribution in [0.4, 0.5) is 0 Å². The molecule has 3 aromatic rings. The maximum Gasteiger partial charge on any atom is 0.347 e. The third-order valence-corrected chi connectivity index (χ3v) is 8.96. The van der Waals surface area contributed by atoms with Crippen molar-refractivity contribution in [2.75, 3.05) is 33.3 Å². The van der Waals surface area contributed by atoms with Gasteiger partial charge in [-0.25, -0.2) is 4.79 Å². The molecule has 5 heteroatoms. The minimum absolute atomic E-state index is 0.0689. The normalized spacial score (nSPS) is 11.2. The lowest BCUT2D eigenvalue weighted by Crippen LogP contribution is -2.36. The molecule has 0 spiro atoms. The summed E-state index contributed by atoms with van der Waals surface area (Å²) in [7, 11) is -0.621. The smallest absolute Gasteiger partial charge is 0.347 e. The highest BCUT2D eigenvalue weighted by molar-refractivity contribution is 7.96. The van der Waals surface area contributed by atoms with Crippen LogP contribution in [0.25, 0.3) is 0 Å². The number of hydrogen-bond acceptors (Lipinski definition) is 4. The monoisotopic (exact) mass is 409 g/mol. The van der Waals surface area contributed by atoms with Crippen molar-refractivity contribution in [3.05, 3.63) is 91.0 Å². The van der Waals surface area contributed by atoms with Gasteiger partial charge < -0.3 is 14.2 Å². The Labute approximate surface area is 172 Å². The maximum absolute atomic E-state index is 12.9. The fourth-order valence-corrected chi connectivity index (χ4v) is 7.28. The van der Waals surface area contributed by atoms with E-state index in [1.54, 1.807) is 7.11 Å². The molecule has 0 radical (unpaired) electrons. The molecular weight excluding hydrogens is 383 g/mol. The van der Waals surface area contributed by atoms with Crippen LogP contribution in [-0.4, -0.2) is 39.2 Å². The topological polar surface area (TPSA) is 44.8 Å². The lowest BCUT2D eigenvalue weighted by Gasteiger charge is -2.26. The highest BCUT2D eigenvalue weighted by Crippen LogP contribution is 2.55. The third kappa shape index (κ3) is 5.30. The van der Waals surface area contributed by atoms with E-state index in [0.717, 1.165) is 15.9 Å². The van der Waals surface area contributed by atoms with Crippen LogP contribution in [0.15, 0.2) is 91.0 Å². The summed E-state index contributed by atoms with van der Waals surface area (Å²) in [5.74, 6) is -0.271. The molecule has 0 N–H and O–H groups in total. The van der Waals surface area contributed by atoms with E-state index in [0.29, 0.717) is 13.2 Å². The Morgan fingerprint density at radius 1 is 0.724 bits per heavy atom. The Bertz CT molecular complexity index is 772. The second-order valence-electron chi connectivity index (χ2n) is 6.51. The van der Waals surface area contributed by atoms with Crippen molar-refractivity contribution in [3.63, 3.8) is 0 Å². The van der Waals surface area contributed by atoms with E-state index in [2.05, 4.69) is 36.4 Å². The van der Waals surface area contributed by atoms with Gasteiger partial charge in [0.1, 0.15) is 23.2 Å². The van der Waals surface area contributed by atoms with Crippen molar-refractivity contribution in [2.45, 2.75) is 0 Å². The first-order valence-corrected chi connectivity index (χ1v) is 11.5. The third-order valence-electron chi connectivity index (χ3n) is 4.69. The molecule has 0 aliphatic heterocycles. The van der Waals surface area contributed by atoms with Gasteiger partial charge in [0.25, 0.3) is 0 Å². The molecule has 0 aliphatic carbocycles. The molecule has 0 heterocycles. The first-order chi connectivity index (χ1) is 14.3. The average Bonchev–Trinajstić information content (AvgIpc) is 2.79. The number of hydrogen-bond donors (Lipinski definition) is 0. The van der Waals surface area contributed by atoms with Crippen molar-refractivity contribution >= 4 is 29.1 Å². The number of benzene rings is 3. The molecule has 0 saturated heterocycles. The predicted molar refractivity (Wildman–Crippen MR) is 119 cm³/mol. The molecule has 29 heavy (non-hydrogen) atoms. The highest BCUT2D eigenvalue weighted by Gasteiger charge is 2.47. The van der Waals surface area contributed by atoms with Crippen molar-refractivity contribution < 1.29 is 19.0 Å². The molecule has 0 aliphatic rings. The summed E-state index contributed by atoms with van der Waals surface area (Å²) in [5.41, 5.74) is 0. The Morgan fingerprint density at radius 2 is 1.17 bits per heavy atom. The number of carbonyl (C=O) groups is 1. The quantitative estimate of drug-likeness (QED) is 0.223. The van der Waals surface area contributed by atoms with Gasteiger partial charge in [0.05, 0.1) is 13.2 Å². The zero-order valence-corrected chi connectivity index (χ0v) is 17.5. The van der Waals surface area contributed by atoms with Crippen LogP contribution in [0.3, 0.4) is 0 Å². The molecule has 0 amide bonds. The fraction of sp³-hybridized carbons (Fsp3) is 0.208. The van der Waals surface area contributed by atoms with Crippen molar-refractivity contribution in [3.8, 4) is 0 Å². The summed E-state index contributed by atoms with van der Waals surface area (Å²) < 4.78 is 15.7. The van der Waals surface area contributed by atoms with Gasteiger partial charge in [-0.2, -0.15) is 0 Å². The minimum atomic E-state index is -2.23. The summed E-state index contributed by atoms with van der Waals surface area (Å²) in [6, 6.07) is 30.8. The van der Waals surface area contributed by atoms with Gasteiger partial charge in [-0.3, -0.25) is 0 Å². The first-order valence-electron chi connectivity index (χ1n) is 9.54. The van der Waals surface area contributed by atoms with E-state index in [1.165, 1.54) is 0 Å². The van der Waals surface area contributed by atoms with Gasteiger partial charge in [0, 0.05) is 7.11 Å². The van der Waals surface area contributed by atoms with E-state index in [4.69, 9.17) is 14.2 Å². The predicted octanol–water partition coefficient (Wildman–Crippen LogP) is 3.14. The number of esters is 1. The molecular formula is C24H26O4P+. The molecule has 4 nitrogen and oxygen atoms in total. The van der Waals surface area contributed by atoms with Gasteiger partial charge in [-0.15, -0.1) is 0 Å². The summed E-state index contributed by atoms with van der Waals surface area (Å²) in [6.07, 6.45) is 0.276. The molecule has 3 aromatic carbocycles. The second kappa shape index (κ2) is 10.9. The molecule has 0 bridgehead atoms. The highest BCUT2D eigenvalue weighted by atomic mass is 31.2. The second-order valence-corrected chi connectivity index (χ2v) is 9.99. The van der Waals surface area contributed by atoms with E-state index in [-0.39, 0.29) is 18.9 Å². The summed E-state index contributed by atoms with van der Waals surface area (Å²) in [4.78, 5) is 12.9. The Kier molecular flexibility index (Phi) is 7.94. The van der Waals surface area contributed by atoms with Crippen LogP contribution < -0.4 is 15.9 Å². The molecule has 0 aromatic heterocycles. The van der Waals surface area contributed by atoms with Gasteiger partial charge in [-0.1, -0.05) is 54.6 Å². The number of rotatable bonds is 10. The Hall–Kier alpha value is -2.52. The van der Waals surface area contributed by atoms with Crippen LogP contribution in [-0.2, 0) is 19.0 Å². The van der Waals surface area contributed by atoms with Crippen LogP contribution >= 0.6 is 7.26 Å². The van der Waals surface area contributed by atoms with Crippen molar-refractivity contribution in [1.29, 1.82) is 0 Å². The summed E-state index contributed by atoms with van der Waals surface area (Å²) in [5, 5.41) is 3.44. The molecule has 0 fully saturated rings. The molecule has 0 saturated carbocycles.